The number of rotatable bonds is 8. The first-order valence-corrected chi connectivity index (χ1v) is 6.55. The van der Waals surface area contributed by atoms with E-state index in [2.05, 4.69) is 5.32 Å². The molecule has 0 aromatic heterocycles. The molecule has 0 spiro atoms. The fraction of sp³-hybridized carbons (Fsp3) is 0.500. The largest absolute Gasteiger partial charge is 0.508 e. The van der Waals surface area contributed by atoms with E-state index in [9.17, 15) is 4.79 Å². The van der Waals surface area contributed by atoms with Crippen LogP contribution in [0.25, 0.3) is 0 Å². The van der Waals surface area contributed by atoms with Gasteiger partial charge in [-0.1, -0.05) is 12.1 Å². The van der Waals surface area contributed by atoms with Crippen LogP contribution in [0.15, 0.2) is 24.3 Å². The number of aromatic hydroxyl groups is 1. The van der Waals surface area contributed by atoms with Crippen LogP contribution in [0, 0.1) is 0 Å². The quantitative estimate of drug-likeness (QED) is 0.516. The zero-order valence-corrected chi connectivity index (χ0v) is 11.0. The van der Waals surface area contributed by atoms with E-state index in [-0.39, 0.29) is 18.3 Å². The number of hydrogen-bond acceptors (Lipinski definition) is 4. The minimum absolute atomic E-state index is 0.169. The normalized spacial score (nSPS) is 12.1. The van der Waals surface area contributed by atoms with Crippen molar-refractivity contribution in [3.63, 3.8) is 0 Å². The first-order chi connectivity index (χ1) is 9.13. The standard InChI is InChI=1S/C14H22N2O3/c15-13(10-11-4-6-12(18)7-5-11)14(19)16-8-2-1-3-9-17/h4-7,13,17-18H,1-3,8-10,15H2,(H,16,19)/t13-/m1/s1. The number of hydrogen-bond donors (Lipinski definition) is 4. The number of phenols is 1. The molecule has 106 valence electrons. The molecule has 1 atom stereocenters. The number of aliphatic hydroxyl groups is 1. The number of unbranched alkanes of at least 4 members (excludes halogenated alkanes) is 2. The second-order valence-corrected chi connectivity index (χ2v) is 4.55. The molecule has 1 aromatic carbocycles. The Labute approximate surface area is 113 Å². The molecule has 0 heterocycles. The zero-order valence-electron chi connectivity index (χ0n) is 11.0. The summed E-state index contributed by atoms with van der Waals surface area (Å²) in [6.45, 7) is 0.774. The lowest BCUT2D eigenvalue weighted by molar-refractivity contribution is -0.122. The van der Waals surface area contributed by atoms with E-state index in [0.29, 0.717) is 13.0 Å². The van der Waals surface area contributed by atoms with Crippen molar-refractivity contribution < 1.29 is 15.0 Å². The van der Waals surface area contributed by atoms with E-state index < -0.39 is 6.04 Å². The third-order valence-electron chi connectivity index (χ3n) is 2.86. The Balaban J connectivity index is 2.26. The van der Waals surface area contributed by atoms with E-state index in [0.717, 1.165) is 24.8 Å². The molecular weight excluding hydrogens is 244 g/mol. The third kappa shape index (κ3) is 6.22. The number of nitrogens with one attached hydrogen (secondary N) is 1. The second kappa shape index (κ2) is 8.50. The van der Waals surface area contributed by atoms with E-state index in [1.165, 1.54) is 0 Å². The Morgan fingerprint density at radius 1 is 1.21 bits per heavy atom. The van der Waals surface area contributed by atoms with Gasteiger partial charge in [-0.3, -0.25) is 4.79 Å². The van der Waals surface area contributed by atoms with E-state index >= 15 is 0 Å². The average Bonchev–Trinajstić information content (AvgIpc) is 2.41. The molecule has 0 aliphatic rings. The number of carbonyl (C=O) groups is 1. The number of amides is 1. The van der Waals surface area contributed by atoms with Gasteiger partial charge in [0.25, 0.3) is 0 Å². The van der Waals surface area contributed by atoms with Gasteiger partial charge in [0.15, 0.2) is 0 Å². The van der Waals surface area contributed by atoms with Crippen LogP contribution in [0.5, 0.6) is 5.75 Å². The molecule has 1 rings (SSSR count). The van der Waals surface area contributed by atoms with Gasteiger partial charge < -0.3 is 21.3 Å². The van der Waals surface area contributed by atoms with Crippen molar-refractivity contribution in [3.05, 3.63) is 29.8 Å². The highest BCUT2D eigenvalue weighted by molar-refractivity contribution is 5.81. The van der Waals surface area contributed by atoms with Gasteiger partial charge in [-0.25, -0.2) is 0 Å². The minimum atomic E-state index is -0.581. The maximum Gasteiger partial charge on any atom is 0.237 e. The van der Waals surface area contributed by atoms with Crippen LogP contribution in [0.1, 0.15) is 24.8 Å². The van der Waals surface area contributed by atoms with Gasteiger partial charge in [0.1, 0.15) is 5.75 Å². The van der Waals surface area contributed by atoms with Crippen LogP contribution >= 0.6 is 0 Å². The summed E-state index contributed by atoms with van der Waals surface area (Å²) in [7, 11) is 0. The van der Waals surface area contributed by atoms with Gasteiger partial charge in [0.05, 0.1) is 6.04 Å². The molecule has 0 radical (unpaired) electrons. The first-order valence-electron chi connectivity index (χ1n) is 6.55. The van der Waals surface area contributed by atoms with Crippen molar-refractivity contribution in [2.24, 2.45) is 5.73 Å². The molecule has 0 aliphatic carbocycles. The van der Waals surface area contributed by atoms with Crippen LogP contribution in [0.4, 0.5) is 0 Å². The van der Waals surface area contributed by atoms with Crippen LogP contribution in [0.3, 0.4) is 0 Å². The van der Waals surface area contributed by atoms with E-state index in [1.54, 1.807) is 24.3 Å². The van der Waals surface area contributed by atoms with Gasteiger partial charge in [-0.2, -0.15) is 0 Å². The fourth-order valence-corrected chi connectivity index (χ4v) is 1.73. The lowest BCUT2D eigenvalue weighted by Crippen LogP contribution is -2.42. The van der Waals surface area contributed by atoms with E-state index in [4.69, 9.17) is 15.9 Å². The van der Waals surface area contributed by atoms with Crippen LogP contribution in [-0.4, -0.2) is 35.3 Å². The Bertz CT molecular complexity index is 379. The van der Waals surface area contributed by atoms with Gasteiger partial charge in [0.2, 0.25) is 5.91 Å². The molecule has 19 heavy (non-hydrogen) atoms. The van der Waals surface area contributed by atoms with Crippen LogP contribution < -0.4 is 11.1 Å². The average molecular weight is 266 g/mol. The predicted octanol–water partition coefficient (Wildman–Crippen LogP) is 0.541. The monoisotopic (exact) mass is 266 g/mol. The summed E-state index contributed by atoms with van der Waals surface area (Å²) < 4.78 is 0. The number of nitrogens with two attached hydrogens (primary N) is 1. The van der Waals surface area contributed by atoms with Crippen molar-refractivity contribution in [2.75, 3.05) is 13.2 Å². The van der Waals surface area contributed by atoms with Crippen molar-refractivity contribution in [2.45, 2.75) is 31.7 Å². The van der Waals surface area contributed by atoms with Crippen molar-refractivity contribution in [1.82, 2.24) is 5.32 Å². The Hall–Kier alpha value is -1.59. The summed E-state index contributed by atoms with van der Waals surface area (Å²) in [5.74, 6) is 0.0303. The van der Waals surface area contributed by atoms with E-state index in [1.807, 2.05) is 0 Å². The Morgan fingerprint density at radius 2 is 1.89 bits per heavy atom. The molecule has 0 unspecified atom stereocenters. The third-order valence-corrected chi connectivity index (χ3v) is 2.86. The predicted molar refractivity (Wildman–Crippen MR) is 73.7 cm³/mol. The Morgan fingerprint density at radius 3 is 2.53 bits per heavy atom. The van der Waals surface area contributed by atoms with Crippen molar-refractivity contribution in [1.29, 1.82) is 0 Å². The molecule has 5 N–H and O–H groups in total. The summed E-state index contributed by atoms with van der Waals surface area (Å²) >= 11 is 0. The molecule has 1 amide bonds. The highest BCUT2D eigenvalue weighted by Crippen LogP contribution is 2.10. The number of benzene rings is 1. The van der Waals surface area contributed by atoms with Crippen LogP contribution in [-0.2, 0) is 11.2 Å². The SMILES string of the molecule is N[C@H](Cc1ccc(O)cc1)C(=O)NCCCCCO. The van der Waals surface area contributed by atoms with Crippen molar-refractivity contribution >= 4 is 5.91 Å². The highest BCUT2D eigenvalue weighted by atomic mass is 16.3. The molecule has 5 nitrogen and oxygen atoms in total. The molecule has 1 aromatic rings. The Kier molecular flexibility index (Phi) is 6.92. The van der Waals surface area contributed by atoms with Crippen molar-refractivity contribution in [3.8, 4) is 5.75 Å². The van der Waals surface area contributed by atoms with Gasteiger partial charge in [-0.05, 0) is 43.4 Å². The second-order valence-electron chi connectivity index (χ2n) is 4.55. The molecule has 0 bridgehead atoms. The van der Waals surface area contributed by atoms with Gasteiger partial charge in [0, 0.05) is 13.2 Å². The fourth-order valence-electron chi connectivity index (χ4n) is 1.73. The summed E-state index contributed by atoms with van der Waals surface area (Å²) in [6, 6.07) is 6.08. The maximum atomic E-state index is 11.7. The smallest absolute Gasteiger partial charge is 0.237 e. The molecular formula is C14H22N2O3. The number of phenolic OH excluding ortho intramolecular Hbond substituents is 1. The topological polar surface area (TPSA) is 95.6 Å². The van der Waals surface area contributed by atoms with Gasteiger partial charge in [-0.15, -0.1) is 0 Å². The lowest BCUT2D eigenvalue weighted by Gasteiger charge is -2.12. The lowest BCUT2D eigenvalue weighted by atomic mass is 10.1. The first kappa shape index (κ1) is 15.5. The maximum absolute atomic E-state index is 11.7. The highest BCUT2D eigenvalue weighted by Gasteiger charge is 2.13. The summed E-state index contributed by atoms with van der Waals surface area (Å²) in [5, 5.41) is 20.6. The molecule has 0 saturated carbocycles. The number of carbonyl (C=O) groups excluding carboxylic acids is 1. The minimum Gasteiger partial charge on any atom is -0.508 e. The number of aliphatic hydroxyl groups excluding tert-OH is 1. The van der Waals surface area contributed by atoms with Gasteiger partial charge >= 0.3 is 0 Å². The molecule has 0 saturated heterocycles. The molecule has 0 fully saturated rings. The summed E-state index contributed by atoms with van der Waals surface area (Å²) in [5.41, 5.74) is 6.73. The summed E-state index contributed by atoms with van der Waals surface area (Å²) in [4.78, 5) is 11.7. The molecule has 5 heteroatoms. The summed E-state index contributed by atoms with van der Waals surface area (Å²) in [6.07, 6.45) is 2.94. The van der Waals surface area contributed by atoms with Crippen LogP contribution in [0.2, 0.25) is 0 Å². The zero-order chi connectivity index (χ0) is 14.1. The molecule has 0 aliphatic heterocycles.